The minimum Gasteiger partial charge on any atom is -0.488 e. The van der Waals surface area contributed by atoms with Gasteiger partial charge in [0.25, 0.3) is 0 Å². The molecule has 4 rings (SSSR count). The maximum atomic E-state index is 12.2. The highest BCUT2D eigenvalue weighted by Gasteiger charge is 2.26. The van der Waals surface area contributed by atoms with Gasteiger partial charge in [-0.2, -0.15) is 0 Å². The van der Waals surface area contributed by atoms with Gasteiger partial charge in [0.05, 0.1) is 12.1 Å². The predicted molar refractivity (Wildman–Crippen MR) is 100.0 cm³/mol. The molecule has 3 heterocycles. The second-order valence-electron chi connectivity index (χ2n) is 6.22. The molecule has 0 saturated carbocycles. The quantitative estimate of drug-likeness (QED) is 0.672. The molecule has 0 spiro atoms. The van der Waals surface area contributed by atoms with E-state index in [2.05, 4.69) is 25.8 Å². The minimum atomic E-state index is 0.0878. The fourth-order valence-corrected chi connectivity index (χ4v) is 3.54. The number of rotatable bonds is 4. The molecule has 0 aliphatic carbocycles. The largest absolute Gasteiger partial charge is 0.488 e. The zero-order chi connectivity index (χ0) is 17.2. The van der Waals surface area contributed by atoms with Crippen molar-refractivity contribution in [2.24, 2.45) is 0 Å². The van der Waals surface area contributed by atoms with Crippen molar-refractivity contribution in [1.29, 1.82) is 0 Å². The first-order chi connectivity index (χ1) is 12.2. The average Bonchev–Trinajstić information content (AvgIpc) is 3.27. The SMILES string of the molecule is O=C(CN1CCC(Oc2ccnc3cc(Br)ccc23)C1)n1cccc1. The summed E-state index contributed by atoms with van der Waals surface area (Å²) in [5, 5.41) is 1.01. The average molecular weight is 400 g/mol. The van der Waals surface area contributed by atoms with Crippen LogP contribution in [-0.2, 0) is 0 Å². The van der Waals surface area contributed by atoms with Gasteiger partial charge >= 0.3 is 0 Å². The number of likely N-dealkylation sites (tertiary alicyclic amines) is 1. The van der Waals surface area contributed by atoms with Crippen LogP contribution in [0.25, 0.3) is 10.9 Å². The molecule has 0 bridgehead atoms. The van der Waals surface area contributed by atoms with E-state index in [0.717, 1.165) is 40.6 Å². The number of hydrogen-bond acceptors (Lipinski definition) is 4. The van der Waals surface area contributed by atoms with E-state index in [0.29, 0.717) is 6.54 Å². The number of carbonyl (C=O) groups excluding carboxylic acids is 1. The summed E-state index contributed by atoms with van der Waals surface area (Å²) < 4.78 is 8.84. The molecule has 0 amide bonds. The molecule has 0 N–H and O–H groups in total. The van der Waals surface area contributed by atoms with Gasteiger partial charge in [-0.15, -0.1) is 0 Å². The highest BCUT2D eigenvalue weighted by molar-refractivity contribution is 9.10. The maximum absolute atomic E-state index is 12.2. The monoisotopic (exact) mass is 399 g/mol. The third-order valence-electron chi connectivity index (χ3n) is 4.44. The molecule has 128 valence electrons. The lowest BCUT2D eigenvalue weighted by Gasteiger charge is -2.17. The van der Waals surface area contributed by atoms with Gasteiger partial charge in [-0.3, -0.25) is 19.2 Å². The summed E-state index contributed by atoms with van der Waals surface area (Å²) in [7, 11) is 0. The Morgan fingerprint density at radius 3 is 2.96 bits per heavy atom. The lowest BCUT2D eigenvalue weighted by molar-refractivity contribution is 0.0856. The predicted octanol–water partition coefficient (Wildman–Crippen LogP) is 3.59. The van der Waals surface area contributed by atoms with E-state index in [9.17, 15) is 4.79 Å². The van der Waals surface area contributed by atoms with Crippen LogP contribution >= 0.6 is 15.9 Å². The summed E-state index contributed by atoms with van der Waals surface area (Å²) in [6, 6.07) is 11.6. The summed E-state index contributed by atoms with van der Waals surface area (Å²) in [5.41, 5.74) is 0.907. The summed E-state index contributed by atoms with van der Waals surface area (Å²) >= 11 is 3.47. The number of hydrogen-bond donors (Lipinski definition) is 0. The summed E-state index contributed by atoms with van der Waals surface area (Å²) in [4.78, 5) is 18.7. The lowest BCUT2D eigenvalue weighted by Crippen LogP contribution is -2.32. The smallest absolute Gasteiger partial charge is 0.244 e. The summed E-state index contributed by atoms with van der Waals surface area (Å²) in [5.74, 6) is 0.936. The van der Waals surface area contributed by atoms with E-state index >= 15 is 0 Å². The Kier molecular flexibility index (Phi) is 4.55. The lowest BCUT2D eigenvalue weighted by atomic mass is 10.2. The molecule has 1 aromatic carbocycles. The molecule has 1 aliphatic heterocycles. The van der Waals surface area contributed by atoms with Crippen molar-refractivity contribution in [3.05, 3.63) is 59.5 Å². The Morgan fingerprint density at radius 2 is 2.12 bits per heavy atom. The standard InChI is InChI=1S/C19H18BrN3O2/c20-14-3-4-16-17(11-14)21-7-5-18(16)25-15-6-10-22(12-15)13-19(24)23-8-1-2-9-23/h1-5,7-9,11,15H,6,10,12-13H2. The van der Waals surface area contributed by atoms with Gasteiger partial charge in [0.1, 0.15) is 11.9 Å². The zero-order valence-corrected chi connectivity index (χ0v) is 15.2. The zero-order valence-electron chi connectivity index (χ0n) is 13.6. The second kappa shape index (κ2) is 6.98. The van der Waals surface area contributed by atoms with Crippen molar-refractivity contribution in [3.8, 4) is 5.75 Å². The van der Waals surface area contributed by atoms with Crippen LogP contribution in [0.3, 0.4) is 0 Å². The van der Waals surface area contributed by atoms with E-state index in [-0.39, 0.29) is 12.0 Å². The number of ether oxygens (including phenoxy) is 1. The molecule has 1 fully saturated rings. The normalized spacial score (nSPS) is 17.9. The molecular formula is C19H18BrN3O2. The molecule has 3 aromatic rings. The minimum absolute atomic E-state index is 0.0878. The first kappa shape index (κ1) is 16.3. The Balaban J connectivity index is 1.42. The van der Waals surface area contributed by atoms with Gasteiger partial charge in [0, 0.05) is 41.5 Å². The van der Waals surface area contributed by atoms with Crippen molar-refractivity contribution in [1.82, 2.24) is 14.5 Å². The molecule has 2 aromatic heterocycles. The Labute approximate surface area is 154 Å². The number of fused-ring (bicyclic) bond motifs is 1. The van der Waals surface area contributed by atoms with Crippen LogP contribution < -0.4 is 4.74 Å². The van der Waals surface area contributed by atoms with E-state index in [1.165, 1.54) is 0 Å². The third-order valence-corrected chi connectivity index (χ3v) is 4.93. The highest BCUT2D eigenvalue weighted by Crippen LogP contribution is 2.28. The van der Waals surface area contributed by atoms with Crippen LogP contribution in [-0.4, -0.2) is 46.1 Å². The van der Waals surface area contributed by atoms with Crippen molar-refractivity contribution >= 4 is 32.7 Å². The molecule has 6 heteroatoms. The van der Waals surface area contributed by atoms with Gasteiger partial charge < -0.3 is 4.74 Å². The van der Waals surface area contributed by atoms with Crippen LogP contribution in [0.1, 0.15) is 11.2 Å². The molecule has 1 atom stereocenters. The fourth-order valence-electron chi connectivity index (χ4n) is 3.19. The molecular weight excluding hydrogens is 382 g/mol. The second-order valence-corrected chi connectivity index (χ2v) is 7.13. The van der Waals surface area contributed by atoms with Gasteiger partial charge in [-0.25, -0.2) is 0 Å². The molecule has 5 nitrogen and oxygen atoms in total. The van der Waals surface area contributed by atoms with Gasteiger partial charge in [-0.1, -0.05) is 15.9 Å². The fraction of sp³-hybridized carbons (Fsp3) is 0.263. The number of aromatic nitrogens is 2. The number of carbonyl (C=O) groups is 1. The molecule has 0 radical (unpaired) electrons. The number of benzene rings is 1. The Bertz CT molecular complexity index is 895. The first-order valence-electron chi connectivity index (χ1n) is 8.28. The van der Waals surface area contributed by atoms with Crippen LogP contribution in [0, 0.1) is 0 Å². The number of halogens is 1. The number of pyridine rings is 1. The topological polar surface area (TPSA) is 47.4 Å². The van der Waals surface area contributed by atoms with E-state index in [1.807, 2.05) is 36.4 Å². The van der Waals surface area contributed by atoms with E-state index < -0.39 is 0 Å². The third kappa shape index (κ3) is 3.60. The van der Waals surface area contributed by atoms with Crippen molar-refractivity contribution in [2.45, 2.75) is 12.5 Å². The maximum Gasteiger partial charge on any atom is 0.244 e. The summed E-state index contributed by atoms with van der Waals surface area (Å²) in [6.45, 7) is 2.04. The van der Waals surface area contributed by atoms with Crippen LogP contribution in [0.4, 0.5) is 0 Å². The van der Waals surface area contributed by atoms with Crippen molar-refractivity contribution in [2.75, 3.05) is 19.6 Å². The Morgan fingerprint density at radius 1 is 1.28 bits per heavy atom. The molecule has 1 aliphatic rings. The first-order valence-corrected chi connectivity index (χ1v) is 9.08. The molecule has 25 heavy (non-hydrogen) atoms. The van der Waals surface area contributed by atoms with Gasteiger partial charge in [0.15, 0.2) is 0 Å². The molecule has 1 unspecified atom stereocenters. The van der Waals surface area contributed by atoms with Crippen molar-refractivity contribution in [3.63, 3.8) is 0 Å². The van der Waals surface area contributed by atoms with Crippen LogP contribution in [0.2, 0.25) is 0 Å². The molecule has 1 saturated heterocycles. The van der Waals surface area contributed by atoms with Gasteiger partial charge in [-0.05, 0) is 42.8 Å². The van der Waals surface area contributed by atoms with Gasteiger partial charge in [0.2, 0.25) is 5.91 Å². The number of nitrogens with zero attached hydrogens (tertiary/aromatic N) is 3. The summed E-state index contributed by atoms with van der Waals surface area (Å²) in [6.07, 6.45) is 6.35. The Hall–Kier alpha value is -2.18. The van der Waals surface area contributed by atoms with E-state index in [1.54, 1.807) is 23.2 Å². The van der Waals surface area contributed by atoms with Crippen LogP contribution in [0.15, 0.2) is 59.5 Å². The van der Waals surface area contributed by atoms with E-state index in [4.69, 9.17) is 4.74 Å². The van der Waals surface area contributed by atoms with Crippen molar-refractivity contribution < 1.29 is 9.53 Å². The van der Waals surface area contributed by atoms with Crippen LogP contribution in [0.5, 0.6) is 5.75 Å². The highest BCUT2D eigenvalue weighted by atomic mass is 79.9.